The number of alkyl halides is 1. The number of rotatable bonds is 4. The van der Waals surface area contributed by atoms with Gasteiger partial charge in [-0.2, -0.15) is 0 Å². The van der Waals surface area contributed by atoms with E-state index < -0.39 is 0 Å². The van der Waals surface area contributed by atoms with Gasteiger partial charge >= 0.3 is 0 Å². The summed E-state index contributed by atoms with van der Waals surface area (Å²) in [4.78, 5) is 0.0553. The Hall–Kier alpha value is -0.500. The zero-order valence-electron chi connectivity index (χ0n) is 11.5. The van der Waals surface area contributed by atoms with Gasteiger partial charge < -0.3 is 0 Å². The van der Waals surface area contributed by atoms with Gasteiger partial charge in [0, 0.05) is 10.0 Å². The first-order chi connectivity index (χ1) is 9.52. The number of hydrogen-bond donors (Lipinski definition) is 0. The second kappa shape index (κ2) is 6.98. The Morgan fingerprint density at radius 1 is 1.00 bits per heavy atom. The van der Waals surface area contributed by atoms with Crippen LogP contribution in [0.3, 0.4) is 0 Å². The number of benzene rings is 2. The van der Waals surface area contributed by atoms with Crippen LogP contribution in [-0.2, 0) is 0 Å². The summed E-state index contributed by atoms with van der Waals surface area (Å²) in [6.45, 7) is 4.45. The molecule has 0 heterocycles. The predicted octanol–water partition coefficient (Wildman–Crippen LogP) is 6.99. The highest BCUT2D eigenvalue weighted by atomic mass is 79.9. The van der Waals surface area contributed by atoms with Gasteiger partial charge in [0.1, 0.15) is 0 Å². The van der Waals surface area contributed by atoms with Crippen molar-refractivity contribution in [1.82, 2.24) is 0 Å². The van der Waals surface area contributed by atoms with E-state index in [1.165, 1.54) is 11.1 Å². The van der Waals surface area contributed by atoms with Gasteiger partial charge in [0.25, 0.3) is 0 Å². The van der Waals surface area contributed by atoms with Crippen molar-refractivity contribution in [3.63, 3.8) is 0 Å². The maximum Gasteiger partial charge on any atom is 0.0659 e. The van der Waals surface area contributed by atoms with Crippen LogP contribution in [0.15, 0.2) is 42.5 Å². The summed E-state index contributed by atoms with van der Waals surface area (Å²) < 4.78 is 0. The van der Waals surface area contributed by atoms with E-state index >= 15 is 0 Å². The van der Waals surface area contributed by atoms with Gasteiger partial charge in [-0.25, -0.2) is 0 Å². The van der Waals surface area contributed by atoms with Crippen molar-refractivity contribution in [3.05, 3.63) is 69.2 Å². The summed E-state index contributed by atoms with van der Waals surface area (Å²) in [5.74, 6) is 0.590. The van der Waals surface area contributed by atoms with Crippen LogP contribution in [0, 0.1) is 0 Å². The van der Waals surface area contributed by atoms with Gasteiger partial charge in [-0.3, -0.25) is 0 Å². The van der Waals surface area contributed by atoms with Gasteiger partial charge in [0.05, 0.1) is 4.83 Å². The van der Waals surface area contributed by atoms with E-state index in [2.05, 4.69) is 54.0 Å². The minimum Gasteiger partial charge on any atom is -0.0843 e. The standard InChI is InChI=1S/C17H17BrCl2/c1-3-11(2)12-4-6-13(7-5-12)17(18)15-10-14(19)8-9-16(15)20/h4-11,17H,3H2,1-2H3. The quantitative estimate of drug-likeness (QED) is 0.508. The molecular formula is C17H17BrCl2. The van der Waals surface area contributed by atoms with Crippen LogP contribution in [0.1, 0.15) is 47.7 Å². The average Bonchev–Trinajstić information content (AvgIpc) is 2.48. The van der Waals surface area contributed by atoms with Gasteiger partial charge in [-0.15, -0.1) is 0 Å². The third kappa shape index (κ3) is 3.58. The van der Waals surface area contributed by atoms with Crippen molar-refractivity contribution in [2.24, 2.45) is 0 Å². The van der Waals surface area contributed by atoms with Crippen LogP contribution in [0.2, 0.25) is 10.0 Å². The topological polar surface area (TPSA) is 0 Å². The van der Waals surface area contributed by atoms with Crippen LogP contribution in [-0.4, -0.2) is 0 Å². The molecule has 2 rings (SSSR count). The Morgan fingerprint density at radius 3 is 2.20 bits per heavy atom. The molecule has 0 spiro atoms. The normalized spacial score (nSPS) is 14.1. The van der Waals surface area contributed by atoms with Gasteiger partial charge in [0.2, 0.25) is 0 Å². The molecule has 0 saturated carbocycles. The fourth-order valence-corrected chi connectivity index (χ4v) is 3.34. The van der Waals surface area contributed by atoms with E-state index in [1.54, 1.807) is 6.07 Å². The molecule has 106 valence electrons. The van der Waals surface area contributed by atoms with Crippen molar-refractivity contribution in [2.75, 3.05) is 0 Å². The third-order valence-electron chi connectivity index (χ3n) is 3.64. The first-order valence-electron chi connectivity index (χ1n) is 6.71. The molecule has 0 nitrogen and oxygen atoms in total. The van der Waals surface area contributed by atoms with Crippen LogP contribution in [0.4, 0.5) is 0 Å². The highest BCUT2D eigenvalue weighted by Gasteiger charge is 2.14. The zero-order chi connectivity index (χ0) is 14.7. The summed E-state index contributed by atoms with van der Waals surface area (Å²) in [6, 6.07) is 14.2. The van der Waals surface area contributed by atoms with Crippen LogP contribution < -0.4 is 0 Å². The smallest absolute Gasteiger partial charge is 0.0659 e. The molecule has 0 aliphatic rings. The molecule has 0 aliphatic carbocycles. The largest absolute Gasteiger partial charge is 0.0843 e. The molecule has 0 fully saturated rings. The van der Waals surface area contributed by atoms with Crippen LogP contribution in [0.25, 0.3) is 0 Å². The summed E-state index contributed by atoms with van der Waals surface area (Å²) in [7, 11) is 0. The van der Waals surface area contributed by atoms with E-state index in [1.807, 2.05) is 12.1 Å². The lowest BCUT2D eigenvalue weighted by atomic mass is 9.96. The molecule has 0 aliphatic heterocycles. The van der Waals surface area contributed by atoms with Gasteiger partial charge in [-0.1, -0.05) is 77.2 Å². The fourth-order valence-electron chi connectivity index (χ4n) is 2.12. The molecule has 2 unspecified atom stereocenters. The van der Waals surface area contributed by atoms with Crippen molar-refractivity contribution in [3.8, 4) is 0 Å². The lowest BCUT2D eigenvalue weighted by Gasteiger charge is -2.15. The fraction of sp³-hybridized carbons (Fsp3) is 0.294. The Morgan fingerprint density at radius 2 is 1.60 bits per heavy atom. The minimum absolute atomic E-state index is 0.0553. The highest BCUT2D eigenvalue weighted by Crippen LogP contribution is 2.37. The minimum atomic E-state index is 0.0553. The molecule has 0 N–H and O–H groups in total. The predicted molar refractivity (Wildman–Crippen MR) is 92.4 cm³/mol. The van der Waals surface area contributed by atoms with Crippen LogP contribution >= 0.6 is 39.1 Å². The van der Waals surface area contributed by atoms with Crippen molar-refractivity contribution < 1.29 is 0 Å². The second-order valence-corrected chi connectivity index (χ2v) is 6.76. The maximum atomic E-state index is 6.26. The van der Waals surface area contributed by atoms with Crippen LogP contribution in [0.5, 0.6) is 0 Å². The molecule has 2 atom stereocenters. The molecule has 20 heavy (non-hydrogen) atoms. The maximum absolute atomic E-state index is 6.26. The highest BCUT2D eigenvalue weighted by molar-refractivity contribution is 9.09. The number of hydrogen-bond acceptors (Lipinski definition) is 0. The molecule has 0 saturated heterocycles. The molecule has 0 bridgehead atoms. The molecule has 2 aromatic rings. The van der Waals surface area contributed by atoms with Gasteiger partial charge in [-0.05, 0) is 47.2 Å². The van der Waals surface area contributed by atoms with E-state index in [4.69, 9.17) is 23.2 Å². The molecule has 2 aromatic carbocycles. The molecular weight excluding hydrogens is 355 g/mol. The first-order valence-corrected chi connectivity index (χ1v) is 8.39. The Labute approximate surface area is 139 Å². The summed E-state index contributed by atoms with van der Waals surface area (Å²) in [6.07, 6.45) is 1.15. The molecule has 0 radical (unpaired) electrons. The lowest BCUT2D eigenvalue weighted by Crippen LogP contribution is -1.96. The van der Waals surface area contributed by atoms with Crippen molar-refractivity contribution in [1.29, 1.82) is 0 Å². The molecule has 3 heteroatoms. The van der Waals surface area contributed by atoms with E-state index in [0.29, 0.717) is 10.9 Å². The van der Waals surface area contributed by atoms with E-state index in [0.717, 1.165) is 17.0 Å². The van der Waals surface area contributed by atoms with E-state index in [-0.39, 0.29) is 4.83 Å². The zero-order valence-corrected chi connectivity index (χ0v) is 14.6. The number of halogens is 3. The Balaban J connectivity index is 2.29. The summed E-state index contributed by atoms with van der Waals surface area (Å²) in [5, 5.41) is 1.42. The Bertz CT molecular complexity index is 578. The molecule has 0 aromatic heterocycles. The SMILES string of the molecule is CCC(C)c1ccc(C(Br)c2cc(Cl)ccc2Cl)cc1. The lowest BCUT2D eigenvalue weighted by molar-refractivity contribution is 0.733. The second-order valence-electron chi connectivity index (χ2n) is 5.00. The summed E-state index contributed by atoms with van der Waals surface area (Å²) in [5.41, 5.74) is 3.55. The van der Waals surface area contributed by atoms with Gasteiger partial charge in [0.15, 0.2) is 0 Å². The summed E-state index contributed by atoms with van der Waals surface area (Å²) >= 11 is 16.0. The van der Waals surface area contributed by atoms with Crippen molar-refractivity contribution in [2.45, 2.75) is 31.0 Å². The van der Waals surface area contributed by atoms with Crippen molar-refractivity contribution >= 4 is 39.1 Å². The monoisotopic (exact) mass is 370 g/mol. The first kappa shape index (κ1) is 15.9. The average molecular weight is 372 g/mol. The Kier molecular flexibility index (Phi) is 5.54. The van der Waals surface area contributed by atoms with E-state index in [9.17, 15) is 0 Å². The molecule has 0 amide bonds. The third-order valence-corrected chi connectivity index (χ3v) is 5.24.